The average molecular weight is 937 g/mol. The zero-order valence-corrected chi connectivity index (χ0v) is 39.5. The number of hydrogen-bond donors (Lipinski definition) is 0. The van der Waals surface area contributed by atoms with E-state index in [4.69, 9.17) is 28.4 Å². The van der Waals surface area contributed by atoms with Crippen molar-refractivity contribution in [1.29, 1.82) is 0 Å². The smallest absolute Gasteiger partial charge is 0.339 e. The number of carbonyl (C=O) groups is 6. The Labute approximate surface area is 404 Å². The maximum atomic E-state index is 12.4. The summed E-state index contributed by atoms with van der Waals surface area (Å²) in [5.41, 5.74) is 4.05. The van der Waals surface area contributed by atoms with Crippen molar-refractivity contribution in [3.05, 3.63) is 214 Å². The second kappa shape index (κ2) is 31.2. The summed E-state index contributed by atoms with van der Waals surface area (Å²) in [5.74, 6) is -3.08. The highest BCUT2D eigenvalue weighted by molar-refractivity contribution is 6.04. The molecule has 6 aromatic carbocycles. The molecule has 0 radical (unpaired) electrons. The molecule has 0 atom stereocenters. The first-order valence-electron chi connectivity index (χ1n) is 23.1. The van der Waals surface area contributed by atoms with E-state index in [9.17, 15) is 28.8 Å². The Bertz CT molecular complexity index is 2390. The molecule has 6 aromatic rings. The molecule has 0 aliphatic carbocycles. The first kappa shape index (κ1) is 53.8. The Hall–Kier alpha value is -7.86. The lowest BCUT2D eigenvalue weighted by molar-refractivity contribution is 0.0425. The number of hydrogen-bond acceptors (Lipinski definition) is 12. The van der Waals surface area contributed by atoms with Gasteiger partial charge in [0.25, 0.3) is 0 Å². The molecule has 0 fully saturated rings. The van der Waals surface area contributed by atoms with Gasteiger partial charge in [-0.05, 0) is 72.4 Å². The molecule has 0 amide bonds. The van der Waals surface area contributed by atoms with Crippen LogP contribution in [0.4, 0.5) is 0 Å². The largest absolute Gasteiger partial charge is 0.462 e. The van der Waals surface area contributed by atoms with Gasteiger partial charge in [0.2, 0.25) is 0 Å². The van der Waals surface area contributed by atoms with E-state index in [2.05, 4.69) is 0 Å². The van der Waals surface area contributed by atoms with Crippen molar-refractivity contribution in [2.45, 2.75) is 79.1 Å². The van der Waals surface area contributed by atoms with Crippen molar-refractivity contribution < 1.29 is 57.2 Å². The minimum atomic E-state index is -0.555. The van der Waals surface area contributed by atoms with E-state index in [-0.39, 0.29) is 53.2 Å². The van der Waals surface area contributed by atoms with E-state index >= 15 is 0 Å². The molecular formula is C57H60O12. The lowest BCUT2D eigenvalue weighted by Gasteiger charge is -2.10. The van der Waals surface area contributed by atoms with Crippen molar-refractivity contribution in [2.75, 3.05) is 19.8 Å². The highest BCUT2D eigenvalue weighted by atomic mass is 16.6. The molecule has 0 saturated carbocycles. The van der Waals surface area contributed by atoms with Crippen molar-refractivity contribution >= 4 is 35.8 Å². The molecule has 0 unspecified atom stereocenters. The van der Waals surface area contributed by atoms with E-state index in [1.165, 1.54) is 0 Å². The molecule has 12 nitrogen and oxygen atoms in total. The summed E-state index contributed by atoms with van der Waals surface area (Å²) in [6, 6.07) is 47.8. The molecule has 0 aliphatic rings. The zero-order valence-electron chi connectivity index (χ0n) is 39.5. The fraction of sp³-hybridized carbons (Fsp3) is 0.263. The number of esters is 6. The molecule has 0 aromatic heterocycles. The maximum absolute atomic E-state index is 12.4. The normalized spacial score (nSPS) is 10.1. The average Bonchev–Trinajstić information content (AvgIpc) is 3.40. The molecule has 0 bridgehead atoms. The van der Waals surface area contributed by atoms with Crippen LogP contribution >= 0.6 is 0 Å². The molecular weight excluding hydrogens is 877 g/mol. The fourth-order valence-corrected chi connectivity index (χ4v) is 6.08. The number of carbonyl (C=O) groups excluding carboxylic acids is 6. The molecule has 0 spiro atoms. The summed E-state index contributed by atoms with van der Waals surface area (Å²) in [6.07, 6.45) is 5.27. The minimum Gasteiger partial charge on any atom is -0.462 e. The third-order valence-electron chi connectivity index (χ3n) is 9.93. The number of ether oxygens (including phenoxy) is 6. The van der Waals surface area contributed by atoms with E-state index in [0.29, 0.717) is 19.8 Å². The number of rotatable bonds is 21. The van der Waals surface area contributed by atoms with Gasteiger partial charge in [-0.3, -0.25) is 0 Å². The monoisotopic (exact) mass is 936 g/mol. The van der Waals surface area contributed by atoms with Crippen LogP contribution in [0, 0.1) is 0 Å². The molecule has 0 saturated heterocycles. The molecule has 360 valence electrons. The lowest BCUT2D eigenvalue weighted by atomic mass is 10.1. The van der Waals surface area contributed by atoms with Gasteiger partial charge >= 0.3 is 35.8 Å². The van der Waals surface area contributed by atoms with Gasteiger partial charge in [0.15, 0.2) is 0 Å². The summed E-state index contributed by atoms with van der Waals surface area (Å²) < 4.78 is 31.4. The van der Waals surface area contributed by atoms with Gasteiger partial charge in [0.1, 0.15) is 19.8 Å². The predicted octanol–water partition coefficient (Wildman–Crippen LogP) is 12.0. The van der Waals surface area contributed by atoms with Crippen molar-refractivity contribution in [2.24, 2.45) is 0 Å². The molecule has 0 heterocycles. The van der Waals surface area contributed by atoms with Gasteiger partial charge in [0, 0.05) is 0 Å². The second-order valence-electron chi connectivity index (χ2n) is 15.3. The summed E-state index contributed by atoms with van der Waals surface area (Å²) >= 11 is 0. The summed E-state index contributed by atoms with van der Waals surface area (Å²) in [5, 5.41) is 0. The maximum Gasteiger partial charge on any atom is 0.339 e. The Morgan fingerprint density at radius 3 is 0.667 bits per heavy atom. The Morgan fingerprint density at radius 1 is 0.275 bits per heavy atom. The van der Waals surface area contributed by atoms with Gasteiger partial charge in [0.05, 0.1) is 53.2 Å². The van der Waals surface area contributed by atoms with Crippen molar-refractivity contribution in [3.8, 4) is 0 Å². The summed E-state index contributed by atoms with van der Waals surface area (Å²) in [7, 11) is 0. The topological polar surface area (TPSA) is 158 Å². The summed E-state index contributed by atoms with van der Waals surface area (Å²) in [4.78, 5) is 73.0. The van der Waals surface area contributed by atoms with E-state index in [1.807, 2.05) is 112 Å². The highest BCUT2D eigenvalue weighted by Gasteiger charge is 2.21. The van der Waals surface area contributed by atoms with Gasteiger partial charge < -0.3 is 28.4 Å². The van der Waals surface area contributed by atoms with Gasteiger partial charge in [-0.2, -0.15) is 0 Å². The van der Waals surface area contributed by atoms with Gasteiger partial charge in [-0.25, -0.2) is 28.8 Å². The quantitative estimate of drug-likeness (QED) is 0.0383. The van der Waals surface area contributed by atoms with Crippen LogP contribution in [0.2, 0.25) is 0 Å². The molecule has 12 heteroatoms. The van der Waals surface area contributed by atoms with Crippen molar-refractivity contribution in [1.82, 2.24) is 0 Å². The van der Waals surface area contributed by atoms with Crippen LogP contribution < -0.4 is 0 Å². The van der Waals surface area contributed by atoms with Crippen LogP contribution in [0.3, 0.4) is 0 Å². The molecule has 6 rings (SSSR count). The van der Waals surface area contributed by atoms with Crippen LogP contribution in [-0.4, -0.2) is 55.6 Å². The molecule has 0 N–H and O–H groups in total. The highest BCUT2D eigenvalue weighted by Crippen LogP contribution is 2.17. The first-order chi connectivity index (χ1) is 33.7. The van der Waals surface area contributed by atoms with E-state index < -0.39 is 35.8 Å². The Kier molecular flexibility index (Phi) is 24.3. The number of benzene rings is 6. The fourth-order valence-electron chi connectivity index (χ4n) is 6.08. The van der Waals surface area contributed by atoms with Crippen LogP contribution in [0.1, 0.15) is 138 Å². The Balaban J connectivity index is 0.000000228. The van der Waals surface area contributed by atoms with Crippen LogP contribution in [0.25, 0.3) is 0 Å². The van der Waals surface area contributed by atoms with Crippen LogP contribution in [-0.2, 0) is 48.2 Å². The van der Waals surface area contributed by atoms with Crippen LogP contribution in [0.5, 0.6) is 0 Å². The molecule has 69 heavy (non-hydrogen) atoms. The van der Waals surface area contributed by atoms with E-state index in [0.717, 1.165) is 55.2 Å². The SMILES string of the molecule is CCCCOC(=O)c1ccccc1C(=O)OCCCC.CCCCOC(=O)c1ccccc1C(=O)OCc1ccccc1.O=C(OCc1ccccc1)c1ccccc1C(=O)OCc1ccccc1. The minimum absolute atomic E-state index is 0.146. The predicted molar refractivity (Wildman–Crippen MR) is 262 cm³/mol. The number of unbranched alkanes of at least 4 members (excludes halogenated alkanes) is 3. The molecule has 0 aliphatic heterocycles. The van der Waals surface area contributed by atoms with Crippen LogP contribution in [0.15, 0.2) is 164 Å². The third-order valence-corrected chi connectivity index (χ3v) is 9.93. The first-order valence-corrected chi connectivity index (χ1v) is 23.1. The van der Waals surface area contributed by atoms with E-state index in [1.54, 1.807) is 72.8 Å². The third kappa shape index (κ3) is 19.1. The lowest BCUT2D eigenvalue weighted by Crippen LogP contribution is -2.14. The van der Waals surface area contributed by atoms with Gasteiger partial charge in [-0.15, -0.1) is 0 Å². The van der Waals surface area contributed by atoms with Gasteiger partial charge in [-0.1, -0.05) is 167 Å². The van der Waals surface area contributed by atoms with Crippen molar-refractivity contribution in [3.63, 3.8) is 0 Å². The Morgan fingerprint density at radius 2 is 0.464 bits per heavy atom. The summed E-state index contributed by atoms with van der Waals surface area (Å²) in [6.45, 7) is 7.60. The zero-order chi connectivity index (χ0) is 49.5. The standard InChI is InChI=1S/C22H18O4.C19H20O4.C16H22O4/c23-21(25-15-17-9-3-1-4-10-17)19-13-7-8-14-20(19)22(24)26-16-18-11-5-2-6-12-18;1-2-3-13-22-18(20)16-11-7-8-12-17(16)19(21)23-14-15-9-5-4-6-10-15;1-3-5-11-19-15(17)13-9-7-8-10-14(13)16(18)20-12-6-4-2/h1-14H,15-16H2;4-12H,2-3,13-14H2,1H3;7-10H,3-6,11-12H2,1-2H3. The second-order valence-corrected chi connectivity index (χ2v) is 15.3.